The molecule has 1 fully saturated rings. The highest BCUT2D eigenvalue weighted by molar-refractivity contribution is 4.73. The predicted octanol–water partition coefficient (Wildman–Crippen LogP) is 0.138. The number of rotatable bonds is 1. The second kappa shape index (κ2) is 3.32. The lowest BCUT2D eigenvalue weighted by Crippen LogP contribution is -2.56. The second-order valence-electron chi connectivity index (χ2n) is 3.03. The Morgan fingerprint density at radius 1 is 1.70 bits per heavy atom. The summed E-state index contributed by atoms with van der Waals surface area (Å²) in [6.45, 7) is 3.31. The molecule has 60 valence electrons. The van der Waals surface area contributed by atoms with Gasteiger partial charge in [-0.15, -0.1) is 0 Å². The molecule has 10 heavy (non-hydrogen) atoms. The van der Waals surface area contributed by atoms with Gasteiger partial charge in [-0.05, 0) is 12.3 Å². The number of nitrogens with zero attached hydrogens (tertiary/aromatic N) is 1. The van der Waals surface area contributed by atoms with Crippen LogP contribution in [0.2, 0.25) is 0 Å². The highest BCUT2D eigenvalue weighted by Gasteiger charge is 2.21. The van der Waals surface area contributed by atoms with Crippen molar-refractivity contribution in [2.75, 3.05) is 13.6 Å². The Morgan fingerprint density at radius 2 is 2.40 bits per heavy atom. The third kappa shape index (κ3) is 1.68. The maximum Gasteiger partial charge on any atom is 0.0710 e. The first-order valence-corrected chi connectivity index (χ1v) is 3.97. The normalized spacial score (nSPS) is 36.3. The standard InChI is InChI=1S/C7H17N3/c1-3-6-4-5-10(2)9-7(6)8/h6-7,9H,3-5,8H2,1-2H3. The Bertz CT molecular complexity index is 105. The van der Waals surface area contributed by atoms with Crippen molar-refractivity contribution in [2.24, 2.45) is 11.7 Å². The summed E-state index contributed by atoms with van der Waals surface area (Å²) in [5.41, 5.74) is 9.02. The Morgan fingerprint density at radius 3 is 2.90 bits per heavy atom. The van der Waals surface area contributed by atoms with Crippen molar-refractivity contribution in [1.82, 2.24) is 10.4 Å². The zero-order chi connectivity index (χ0) is 7.56. The molecule has 1 heterocycles. The molecule has 2 unspecified atom stereocenters. The van der Waals surface area contributed by atoms with E-state index in [0.717, 1.165) is 6.54 Å². The van der Waals surface area contributed by atoms with Gasteiger partial charge in [-0.2, -0.15) is 0 Å². The van der Waals surface area contributed by atoms with Crippen LogP contribution >= 0.6 is 0 Å². The number of hydrazine groups is 1. The molecule has 3 N–H and O–H groups in total. The molecule has 1 aliphatic heterocycles. The van der Waals surface area contributed by atoms with Gasteiger partial charge in [-0.25, -0.2) is 10.4 Å². The molecule has 3 nitrogen and oxygen atoms in total. The Labute approximate surface area is 62.5 Å². The van der Waals surface area contributed by atoms with Crippen molar-refractivity contribution in [1.29, 1.82) is 0 Å². The fourth-order valence-corrected chi connectivity index (χ4v) is 1.42. The number of nitrogens with two attached hydrogens (primary N) is 1. The van der Waals surface area contributed by atoms with Crippen molar-refractivity contribution in [3.8, 4) is 0 Å². The van der Waals surface area contributed by atoms with Crippen LogP contribution < -0.4 is 11.2 Å². The molecule has 0 bridgehead atoms. The van der Waals surface area contributed by atoms with Gasteiger partial charge in [0, 0.05) is 13.6 Å². The average Bonchev–Trinajstić information content (AvgIpc) is 1.88. The highest BCUT2D eigenvalue weighted by Crippen LogP contribution is 2.14. The van der Waals surface area contributed by atoms with Gasteiger partial charge < -0.3 is 5.73 Å². The van der Waals surface area contributed by atoms with Gasteiger partial charge in [0.15, 0.2) is 0 Å². The van der Waals surface area contributed by atoms with Crippen molar-refractivity contribution >= 4 is 0 Å². The molecule has 0 radical (unpaired) electrons. The zero-order valence-corrected chi connectivity index (χ0v) is 6.80. The highest BCUT2D eigenvalue weighted by atomic mass is 15.5. The van der Waals surface area contributed by atoms with E-state index in [4.69, 9.17) is 5.73 Å². The van der Waals surface area contributed by atoms with Crippen molar-refractivity contribution in [3.05, 3.63) is 0 Å². The fourth-order valence-electron chi connectivity index (χ4n) is 1.42. The van der Waals surface area contributed by atoms with Gasteiger partial charge in [0.2, 0.25) is 0 Å². The largest absolute Gasteiger partial charge is 0.315 e. The van der Waals surface area contributed by atoms with Gasteiger partial charge in [0.25, 0.3) is 0 Å². The van der Waals surface area contributed by atoms with E-state index in [9.17, 15) is 0 Å². The Kier molecular flexibility index (Phi) is 2.65. The molecule has 0 aliphatic carbocycles. The molecular weight excluding hydrogens is 126 g/mol. The molecule has 0 aromatic heterocycles. The zero-order valence-electron chi connectivity index (χ0n) is 6.80. The van der Waals surface area contributed by atoms with E-state index >= 15 is 0 Å². The number of nitrogens with one attached hydrogen (secondary N) is 1. The van der Waals surface area contributed by atoms with Gasteiger partial charge in [0.05, 0.1) is 6.17 Å². The van der Waals surface area contributed by atoms with E-state index in [1.54, 1.807) is 0 Å². The third-order valence-electron chi connectivity index (χ3n) is 2.24. The van der Waals surface area contributed by atoms with Crippen molar-refractivity contribution in [2.45, 2.75) is 25.9 Å². The van der Waals surface area contributed by atoms with Crippen LogP contribution in [0.1, 0.15) is 19.8 Å². The van der Waals surface area contributed by atoms with Crippen molar-refractivity contribution < 1.29 is 0 Å². The summed E-state index contributed by atoms with van der Waals surface area (Å²) in [5.74, 6) is 0.663. The van der Waals surface area contributed by atoms with Crippen molar-refractivity contribution in [3.63, 3.8) is 0 Å². The Hall–Kier alpha value is -0.120. The monoisotopic (exact) mass is 143 g/mol. The summed E-state index contributed by atoms with van der Waals surface area (Å²) in [6, 6.07) is 0. The average molecular weight is 143 g/mol. The van der Waals surface area contributed by atoms with Crippen LogP contribution in [-0.4, -0.2) is 24.8 Å². The maximum atomic E-state index is 5.83. The first kappa shape index (κ1) is 7.98. The second-order valence-corrected chi connectivity index (χ2v) is 3.03. The number of hydrogen-bond acceptors (Lipinski definition) is 3. The van der Waals surface area contributed by atoms with Crippen LogP contribution in [0.3, 0.4) is 0 Å². The summed E-state index contributed by atoms with van der Waals surface area (Å²) in [5, 5.41) is 2.07. The topological polar surface area (TPSA) is 41.3 Å². The van der Waals surface area contributed by atoms with Crippen LogP contribution in [-0.2, 0) is 0 Å². The van der Waals surface area contributed by atoms with Crippen LogP contribution in [0, 0.1) is 5.92 Å². The minimum absolute atomic E-state index is 0.170. The van der Waals surface area contributed by atoms with Crippen LogP contribution in [0.15, 0.2) is 0 Å². The van der Waals surface area contributed by atoms with E-state index in [1.807, 2.05) is 7.05 Å². The molecule has 0 saturated carbocycles. The van der Waals surface area contributed by atoms with Crippen LogP contribution in [0.25, 0.3) is 0 Å². The molecule has 2 atom stereocenters. The van der Waals surface area contributed by atoms with Crippen LogP contribution in [0.4, 0.5) is 0 Å². The molecule has 1 rings (SSSR count). The smallest absolute Gasteiger partial charge is 0.0710 e. The lowest BCUT2D eigenvalue weighted by molar-refractivity contribution is 0.0996. The lowest BCUT2D eigenvalue weighted by Gasteiger charge is -2.34. The maximum absolute atomic E-state index is 5.83. The first-order valence-electron chi connectivity index (χ1n) is 3.97. The molecule has 0 amide bonds. The summed E-state index contributed by atoms with van der Waals surface area (Å²) in [6.07, 6.45) is 2.58. The molecule has 3 heteroatoms. The summed E-state index contributed by atoms with van der Waals surface area (Å²) < 4.78 is 0. The quantitative estimate of drug-likeness (QED) is 0.548. The summed E-state index contributed by atoms with van der Waals surface area (Å²) >= 11 is 0. The van der Waals surface area contributed by atoms with Gasteiger partial charge in [-0.3, -0.25) is 0 Å². The predicted molar refractivity (Wildman–Crippen MR) is 42.1 cm³/mol. The number of hydrogen-bond donors (Lipinski definition) is 2. The molecule has 0 spiro atoms. The first-order chi connectivity index (χ1) is 4.74. The van der Waals surface area contributed by atoms with E-state index in [1.165, 1.54) is 12.8 Å². The minimum atomic E-state index is 0.170. The SMILES string of the molecule is CCC1CCN(C)NC1N. The molecule has 1 saturated heterocycles. The minimum Gasteiger partial charge on any atom is -0.315 e. The van der Waals surface area contributed by atoms with E-state index in [2.05, 4.69) is 17.4 Å². The van der Waals surface area contributed by atoms with Gasteiger partial charge in [-0.1, -0.05) is 13.3 Å². The fraction of sp³-hybridized carbons (Fsp3) is 1.00. The van der Waals surface area contributed by atoms with E-state index < -0.39 is 0 Å². The summed E-state index contributed by atoms with van der Waals surface area (Å²) in [7, 11) is 2.03. The van der Waals surface area contributed by atoms with Gasteiger partial charge >= 0.3 is 0 Å². The third-order valence-corrected chi connectivity index (χ3v) is 2.24. The van der Waals surface area contributed by atoms with Crippen LogP contribution in [0.5, 0.6) is 0 Å². The Balaban J connectivity index is 2.36. The molecule has 0 aromatic rings. The lowest BCUT2D eigenvalue weighted by atomic mass is 9.98. The summed E-state index contributed by atoms with van der Waals surface area (Å²) in [4.78, 5) is 0. The molecule has 0 aromatic carbocycles. The molecular formula is C7H17N3. The molecule has 1 aliphatic rings. The van der Waals surface area contributed by atoms with Gasteiger partial charge in [0.1, 0.15) is 0 Å². The van der Waals surface area contributed by atoms with E-state index in [0.29, 0.717) is 5.92 Å². The van der Waals surface area contributed by atoms with E-state index in [-0.39, 0.29) is 6.17 Å².